The van der Waals surface area contributed by atoms with Gasteiger partial charge in [0.15, 0.2) is 11.6 Å². The van der Waals surface area contributed by atoms with Crippen LogP contribution in [0.4, 0.5) is 15.8 Å². The zero-order valence-electron chi connectivity index (χ0n) is 20.7. The predicted molar refractivity (Wildman–Crippen MR) is 139 cm³/mol. The lowest BCUT2D eigenvalue weighted by molar-refractivity contribution is 0.0639. The number of nitrogens with one attached hydrogen (secondary N) is 3. The molecular weight excluding hydrogens is 473 g/mol. The van der Waals surface area contributed by atoms with Crippen molar-refractivity contribution in [2.45, 2.75) is 18.8 Å². The number of carbonyl (C=O) groups is 1. The minimum Gasteiger partial charge on any atom is -0.492 e. The fraction of sp³-hybridized carbons (Fsp3) is 0.357. The fourth-order valence-electron chi connectivity index (χ4n) is 5.45. The molecule has 0 radical (unpaired) electrons. The fourth-order valence-corrected chi connectivity index (χ4v) is 5.45. The normalized spacial score (nSPS) is 23.6. The number of hydrogen-bond donors (Lipinski definition) is 3. The van der Waals surface area contributed by atoms with Crippen molar-refractivity contribution in [1.82, 2.24) is 20.2 Å². The molecule has 3 N–H and O–H groups in total. The monoisotopic (exact) mass is 503 g/mol. The van der Waals surface area contributed by atoms with E-state index in [2.05, 4.69) is 37.7 Å². The van der Waals surface area contributed by atoms with Gasteiger partial charge in [0.2, 0.25) is 0 Å². The van der Waals surface area contributed by atoms with E-state index >= 15 is 0 Å². The first-order valence-electron chi connectivity index (χ1n) is 12.7. The summed E-state index contributed by atoms with van der Waals surface area (Å²) in [5.41, 5.74) is 3.83. The molecule has 9 heteroatoms. The van der Waals surface area contributed by atoms with Gasteiger partial charge in [0, 0.05) is 55.5 Å². The van der Waals surface area contributed by atoms with E-state index in [1.807, 2.05) is 6.07 Å². The third-order valence-electron chi connectivity index (χ3n) is 7.36. The van der Waals surface area contributed by atoms with E-state index in [0.29, 0.717) is 47.5 Å². The lowest BCUT2D eigenvalue weighted by Crippen LogP contribution is -2.49. The largest absolute Gasteiger partial charge is 0.492 e. The standard InChI is InChI=1S/C28H30FN5O3/c1-36-27-20(29)7-5-8-21(27)32-26-23-24-18(12-31-28(23)35)6-3-2-4-11-34-14-17(15-34)16-37-22-13-30-10-9-19(22)25(26)33-24/h2-3,5,7-10,13,17-18,32-33H,4,6,11-12,14-16H2,1H3,(H,31,35)/b3-2-. The number of anilines is 2. The number of hydrogen-bond acceptors (Lipinski definition) is 6. The van der Waals surface area contributed by atoms with Gasteiger partial charge in [-0.25, -0.2) is 4.39 Å². The number of aromatic amines is 1. The Morgan fingerprint density at radius 1 is 1.24 bits per heavy atom. The number of ether oxygens (including phenoxy) is 2. The summed E-state index contributed by atoms with van der Waals surface area (Å²) >= 11 is 0. The number of amides is 1. The van der Waals surface area contributed by atoms with Crippen molar-refractivity contribution < 1.29 is 18.7 Å². The molecule has 4 aliphatic rings. The number of rotatable bonds is 3. The number of nitrogens with zero attached hydrogens (tertiary/aromatic N) is 2. The molecule has 192 valence electrons. The molecule has 4 aliphatic heterocycles. The molecule has 7 rings (SSSR count). The van der Waals surface area contributed by atoms with E-state index in [9.17, 15) is 9.18 Å². The first kappa shape index (κ1) is 23.5. The second-order valence-electron chi connectivity index (χ2n) is 9.82. The van der Waals surface area contributed by atoms with Gasteiger partial charge in [-0.2, -0.15) is 0 Å². The number of carbonyl (C=O) groups excluding carboxylic acids is 1. The maximum Gasteiger partial charge on any atom is 0.255 e. The first-order chi connectivity index (χ1) is 18.1. The van der Waals surface area contributed by atoms with E-state index < -0.39 is 5.82 Å². The van der Waals surface area contributed by atoms with Crippen LogP contribution in [0.2, 0.25) is 0 Å². The van der Waals surface area contributed by atoms with Gasteiger partial charge >= 0.3 is 0 Å². The average Bonchev–Trinajstić information content (AvgIpc) is 3.25. The van der Waals surface area contributed by atoms with Crippen LogP contribution >= 0.6 is 0 Å². The van der Waals surface area contributed by atoms with E-state index in [1.54, 1.807) is 24.5 Å². The molecule has 3 aromatic rings. The molecule has 6 heterocycles. The van der Waals surface area contributed by atoms with Crippen LogP contribution in [-0.4, -0.2) is 60.7 Å². The lowest BCUT2D eigenvalue weighted by Gasteiger charge is -2.38. The van der Waals surface area contributed by atoms with Gasteiger partial charge < -0.3 is 30.0 Å². The Hall–Kier alpha value is -3.85. The van der Waals surface area contributed by atoms with Crippen LogP contribution in [0.1, 0.15) is 34.8 Å². The van der Waals surface area contributed by atoms with Gasteiger partial charge in [0.25, 0.3) is 5.91 Å². The zero-order chi connectivity index (χ0) is 25.4. The van der Waals surface area contributed by atoms with E-state index in [0.717, 1.165) is 43.7 Å². The summed E-state index contributed by atoms with van der Waals surface area (Å²) in [6, 6.07) is 6.56. The molecule has 1 saturated heterocycles. The maximum absolute atomic E-state index is 14.5. The second kappa shape index (κ2) is 9.89. The SMILES string of the molecule is COc1c(F)cccc1Nc1c2[nH]c3c1C(=O)NCC3C/C=C\CCN1CC(COc3cnccc3-2)C1. The van der Waals surface area contributed by atoms with Gasteiger partial charge in [-0.15, -0.1) is 0 Å². The maximum atomic E-state index is 14.5. The summed E-state index contributed by atoms with van der Waals surface area (Å²) < 4.78 is 26.2. The molecule has 0 spiro atoms. The number of para-hydroxylation sites is 1. The van der Waals surface area contributed by atoms with Crippen molar-refractivity contribution >= 4 is 17.3 Å². The molecule has 8 nitrogen and oxygen atoms in total. The van der Waals surface area contributed by atoms with E-state index in [4.69, 9.17) is 9.47 Å². The van der Waals surface area contributed by atoms with Crippen LogP contribution in [-0.2, 0) is 0 Å². The number of methoxy groups -OCH3 is 1. The predicted octanol–water partition coefficient (Wildman–Crippen LogP) is 4.46. The summed E-state index contributed by atoms with van der Waals surface area (Å²) in [6.07, 6.45) is 9.64. The third-order valence-corrected chi connectivity index (χ3v) is 7.36. The van der Waals surface area contributed by atoms with Crippen molar-refractivity contribution in [3.63, 3.8) is 0 Å². The first-order valence-corrected chi connectivity index (χ1v) is 12.7. The number of aromatic nitrogens is 2. The van der Waals surface area contributed by atoms with Crippen molar-refractivity contribution in [1.29, 1.82) is 0 Å². The minimum atomic E-state index is -0.487. The van der Waals surface area contributed by atoms with E-state index in [-0.39, 0.29) is 17.6 Å². The summed E-state index contributed by atoms with van der Waals surface area (Å²) in [5.74, 6) is 0.583. The lowest BCUT2D eigenvalue weighted by atomic mass is 9.93. The highest BCUT2D eigenvalue weighted by molar-refractivity contribution is 6.07. The van der Waals surface area contributed by atoms with Gasteiger partial charge in [-0.1, -0.05) is 18.2 Å². The Morgan fingerprint density at radius 2 is 2.14 bits per heavy atom. The molecule has 1 atom stereocenters. The van der Waals surface area contributed by atoms with Crippen molar-refractivity contribution in [2.75, 3.05) is 45.2 Å². The number of allylic oxidation sites excluding steroid dienone is 1. The van der Waals surface area contributed by atoms with Gasteiger partial charge in [-0.3, -0.25) is 9.78 Å². The highest BCUT2D eigenvalue weighted by Gasteiger charge is 2.34. The third kappa shape index (κ3) is 4.44. The Kier molecular flexibility index (Phi) is 6.30. The number of halogens is 1. The molecule has 4 bridgehead atoms. The molecule has 1 aromatic carbocycles. The van der Waals surface area contributed by atoms with Crippen LogP contribution in [0.5, 0.6) is 11.5 Å². The van der Waals surface area contributed by atoms with Gasteiger partial charge in [-0.05, 0) is 31.0 Å². The number of fused-ring (bicyclic) bond motifs is 4. The van der Waals surface area contributed by atoms with Crippen LogP contribution in [0.25, 0.3) is 11.3 Å². The summed E-state index contributed by atoms with van der Waals surface area (Å²) in [4.78, 5) is 23.6. The summed E-state index contributed by atoms with van der Waals surface area (Å²) in [5, 5.41) is 6.37. The van der Waals surface area contributed by atoms with Crippen LogP contribution in [0.15, 0.2) is 48.8 Å². The highest BCUT2D eigenvalue weighted by Crippen LogP contribution is 2.44. The molecule has 1 unspecified atom stereocenters. The molecule has 2 aromatic heterocycles. The molecule has 0 saturated carbocycles. The Balaban J connectivity index is 1.50. The highest BCUT2D eigenvalue weighted by atomic mass is 19.1. The smallest absolute Gasteiger partial charge is 0.255 e. The van der Waals surface area contributed by atoms with Gasteiger partial charge in [0.1, 0.15) is 5.75 Å². The summed E-state index contributed by atoms with van der Waals surface area (Å²) in [7, 11) is 1.43. The molecule has 1 fully saturated rings. The van der Waals surface area contributed by atoms with Crippen LogP contribution in [0.3, 0.4) is 0 Å². The molecule has 1 amide bonds. The van der Waals surface area contributed by atoms with E-state index in [1.165, 1.54) is 13.2 Å². The quantitative estimate of drug-likeness (QED) is 0.458. The number of H-pyrrole nitrogens is 1. The van der Waals surface area contributed by atoms with Crippen LogP contribution < -0.4 is 20.1 Å². The number of benzene rings is 1. The second-order valence-corrected chi connectivity index (χ2v) is 9.82. The van der Waals surface area contributed by atoms with Crippen molar-refractivity contribution in [3.8, 4) is 22.8 Å². The summed E-state index contributed by atoms with van der Waals surface area (Å²) in [6.45, 7) is 4.20. The van der Waals surface area contributed by atoms with Gasteiger partial charge in [0.05, 0.1) is 42.5 Å². The van der Waals surface area contributed by atoms with Crippen molar-refractivity contribution in [2.24, 2.45) is 5.92 Å². The Morgan fingerprint density at radius 3 is 3.00 bits per heavy atom. The number of pyridine rings is 1. The molecule has 37 heavy (non-hydrogen) atoms. The Bertz CT molecular complexity index is 1350. The topological polar surface area (TPSA) is 91.5 Å². The van der Waals surface area contributed by atoms with Crippen LogP contribution in [0, 0.1) is 11.7 Å². The zero-order valence-corrected chi connectivity index (χ0v) is 20.7. The molecular formula is C28H30FN5O3. The Labute approximate surface area is 214 Å². The molecule has 0 aliphatic carbocycles. The minimum absolute atomic E-state index is 0.0696. The average molecular weight is 504 g/mol. The van der Waals surface area contributed by atoms with Crippen molar-refractivity contribution in [3.05, 3.63) is 65.9 Å².